The third-order valence-electron chi connectivity index (χ3n) is 6.67. The summed E-state index contributed by atoms with van der Waals surface area (Å²) in [4.78, 5) is 12.1. The maximum atomic E-state index is 5.60. The molecule has 0 spiro atoms. The number of aliphatic imine (C=N–C) groups is 1. The van der Waals surface area contributed by atoms with Crippen LogP contribution in [0.15, 0.2) is 29.3 Å². The normalized spacial score (nSPS) is 19.1. The Labute approximate surface area is 206 Å². The van der Waals surface area contributed by atoms with Crippen molar-refractivity contribution in [1.29, 1.82) is 0 Å². The Balaban J connectivity index is 0.00000341. The van der Waals surface area contributed by atoms with E-state index in [-0.39, 0.29) is 29.5 Å². The van der Waals surface area contributed by atoms with Crippen LogP contribution in [-0.2, 0) is 11.3 Å². The van der Waals surface area contributed by atoms with Gasteiger partial charge in [-0.2, -0.15) is 0 Å². The Bertz CT molecular complexity index is 667. The SMILES string of the molecule is CCNC(=NCC1(N(C)C)CCOCC1)N(C)Cc1ccc(N2CCCCC2)cc1.I. The lowest BCUT2D eigenvalue weighted by Gasteiger charge is -2.42. The standard InChI is InChI=1S/C24H41N5O.HI/c1-5-25-23(26-20-24(27(2)3)13-17-30-18-14-24)28(4)19-21-9-11-22(12-10-21)29-15-7-6-8-16-29;/h9-12H,5-8,13-20H2,1-4H3,(H,25,26);1H. The molecule has 0 amide bonds. The summed E-state index contributed by atoms with van der Waals surface area (Å²) in [6.07, 6.45) is 6.06. The fraction of sp³-hybridized carbons (Fsp3) is 0.708. The highest BCUT2D eigenvalue weighted by Gasteiger charge is 2.34. The Morgan fingerprint density at radius 2 is 1.71 bits per heavy atom. The average molecular weight is 544 g/mol. The third-order valence-corrected chi connectivity index (χ3v) is 6.67. The second kappa shape index (κ2) is 12.8. The van der Waals surface area contributed by atoms with Gasteiger partial charge in [-0.3, -0.25) is 4.99 Å². The van der Waals surface area contributed by atoms with Crippen LogP contribution in [0.25, 0.3) is 0 Å². The van der Waals surface area contributed by atoms with E-state index in [9.17, 15) is 0 Å². The molecule has 0 radical (unpaired) electrons. The number of likely N-dealkylation sites (N-methyl/N-ethyl adjacent to an activating group) is 1. The quantitative estimate of drug-likeness (QED) is 0.322. The summed E-state index contributed by atoms with van der Waals surface area (Å²) < 4.78 is 5.60. The zero-order chi connectivity index (χ0) is 21.4. The van der Waals surface area contributed by atoms with E-state index >= 15 is 0 Å². The Kier molecular flexibility index (Phi) is 10.9. The summed E-state index contributed by atoms with van der Waals surface area (Å²) in [6, 6.07) is 9.09. The van der Waals surface area contributed by atoms with E-state index in [4.69, 9.17) is 9.73 Å². The zero-order valence-electron chi connectivity index (χ0n) is 19.9. The molecule has 1 aromatic carbocycles. The van der Waals surface area contributed by atoms with Gasteiger partial charge >= 0.3 is 0 Å². The molecular weight excluding hydrogens is 501 g/mol. The Hall–Kier alpha value is -1.06. The van der Waals surface area contributed by atoms with Crippen molar-refractivity contribution in [2.45, 2.75) is 51.1 Å². The molecule has 0 unspecified atom stereocenters. The van der Waals surface area contributed by atoms with Crippen LogP contribution in [0, 0.1) is 0 Å². The Morgan fingerprint density at radius 3 is 2.29 bits per heavy atom. The van der Waals surface area contributed by atoms with Crippen molar-refractivity contribution in [1.82, 2.24) is 15.1 Å². The summed E-state index contributed by atoms with van der Waals surface area (Å²) in [5.41, 5.74) is 2.77. The van der Waals surface area contributed by atoms with Gasteiger partial charge in [-0.05, 0) is 70.8 Å². The first-order chi connectivity index (χ1) is 14.5. The molecule has 1 aromatic rings. The summed E-state index contributed by atoms with van der Waals surface area (Å²) in [7, 11) is 6.47. The predicted octanol–water partition coefficient (Wildman–Crippen LogP) is 3.80. The van der Waals surface area contributed by atoms with E-state index < -0.39 is 0 Å². The number of nitrogens with zero attached hydrogens (tertiary/aromatic N) is 4. The van der Waals surface area contributed by atoms with Crippen LogP contribution < -0.4 is 10.2 Å². The summed E-state index contributed by atoms with van der Waals surface area (Å²) in [5, 5.41) is 3.48. The average Bonchev–Trinajstić information content (AvgIpc) is 2.78. The second-order valence-electron chi connectivity index (χ2n) is 8.97. The zero-order valence-corrected chi connectivity index (χ0v) is 22.2. The first kappa shape index (κ1) is 26.2. The molecule has 2 aliphatic rings. The van der Waals surface area contributed by atoms with Gasteiger partial charge in [0.15, 0.2) is 5.96 Å². The largest absolute Gasteiger partial charge is 0.381 e. The smallest absolute Gasteiger partial charge is 0.194 e. The molecule has 176 valence electrons. The molecule has 0 aliphatic carbocycles. The lowest BCUT2D eigenvalue weighted by Crippen LogP contribution is -2.51. The van der Waals surface area contributed by atoms with Crippen LogP contribution in [0.1, 0.15) is 44.6 Å². The van der Waals surface area contributed by atoms with Crippen LogP contribution >= 0.6 is 24.0 Å². The highest BCUT2D eigenvalue weighted by Crippen LogP contribution is 2.26. The van der Waals surface area contributed by atoms with Crippen molar-refractivity contribution in [3.8, 4) is 0 Å². The number of rotatable bonds is 7. The molecular formula is C24H42IN5O. The van der Waals surface area contributed by atoms with Crippen molar-refractivity contribution >= 4 is 35.6 Å². The van der Waals surface area contributed by atoms with Crippen LogP contribution in [0.2, 0.25) is 0 Å². The van der Waals surface area contributed by atoms with E-state index in [2.05, 4.69) is 72.3 Å². The van der Waals surface area contributed by atoms with Gasteiger partial charge in [0, 0.05) is 57.7 Å². The number of ether oxygens (including phenoxy) is 1. The van der Waals surface area contributed by atoms with E-state index in [0.717, 1.165) is 51.6 Å². The van der Waals surface area contributed by atoms with Gasteiger partial charge in [0.25, 0.3) is 0 Å². The molecule has 2 fully saturated rings. The number of guanidine groups is 1. The van der Waals surface area contributed by atoms with Gasteiger partial charge in [-0.15, -0.1) is 24.0 Å². The highest BCUT2D eigenvalue weighted by atomic mass is 127. The van der Waals surface area contributed by atoms with Crippen LogP contribution in [-0.4, -0.2) is 81.8 Å². The number of anilines is 1. The van der Waals surface area contributed by atoms with Crippen molar-refractivity contribution in [2.24, 2.45) is 4.99 Å². The number of piperidine rings is 1. The molecule has 6 nitrogen and oxygen atoms in total. The van der Waals surface area contributed by atoms with Gasteiger partial charge < -0.3 is 24.8 Å². The molecule has 3 rings (SSSR count). The third kappa shape index (κ3) is 7.22. The van der Waals surface area contributed by atoms with Crippen molar-refractivity contribution < 1.29 is 4.74 Å². The van der Waals surface area contributed by atoms with Gasteiger partial charge in [0.2, 0.25) is 0 Å². The van der Waals surface area contributed by atoms with E-state index in [1.54, 1.807) is 0 Å². The molecule has 1 N–H and O–H groups in total. The molecule has 0 bridgehead atoms. The number of benzene rings is 1. The summed E-state index contributed by atoms with van der Waals surface area (Å²) in [6.45, 7) is 8.67. The number of nitrogens with one attached hydrogen (secondary N) is 1. The maximum absolute atomic E-state index is 5.60. The molecule has 0 saturated carbocycles. The van der Waals surface area contributed by atoms with Crippen LogP contribution in [0.5, 0.6) is 0 Å². The molecule has 0 aromatic heterocycles. The second-order valence-corrected chi connectivity index (χ2v) is 8.97. The van der Waals surface area contributed by atoms with Crippen molar-refractivity contribution in [3.05, 3.63) is 29.8 Å². The molecule has 2 heterocycles. The van der Waals surface area contributed by atoms with Crippen molar-refractivity contribution in [3.63, 3.8) is 0 Å². The monoisotopic (exact) mass is 543 g/mol. The topological polar surface area (TPSA) is 43.3 Å². The van der Waals surface area contributed by atoms with Gasteiger partial charge in [0.1, 0.15) is 0 Å². The van der Waals surface area contributed by atoms with E-state index in [1.807, 2.05) is 0 Å². The summed E-state index contributed by atoms with van der Waals surface area (Å²) in [5.74, 6) is 0.977. The maximum Gasteiger partial charge on any atom is 0.194 e. The molecule has 2 aliphatic heterocycles. The van der Waals surface area contributed by atoms with E-state index in [0.29, 0.717) is 0 Å². The number of hydrogen-bond acceptors (Lipinski definition) is 4. The van der Waals surface area contributed by atoms with Crippen molar-refractivity contribution in [2.75, 3.05) is 65.4 Å². The first-order valence-corrected chi connectivity index (χ1v) is 11.6. The lowest BCUT2D eigenvalue weighted by molar-refractivity contribution is -0.00262. The van der Waals surface area contributed by atoms with Gasteiger partial charge in [-0.25, -0.2) is 0 Å². The minimum absolute atomic E-state index is 0. The van der Waals surface area contributed by atoms with Gasteiger partial charge in [-0.1, -0.05) is 12.1 Å². The minimum atomic E-state index is 0. The number of halogens is 1. The molecule has 7 heteroatoms. The molecule has 31 heavy (non-hydrogen) atoms. The van der Waals surface area contributed by atoms with Crippen LogP contribution in [0.3, 0.4) is 0 Å². The first-order valence-electron chi connectivity index (χ1n) is 11.6. The van der Waals surface area contributed by atoms with E-state index in [1.165, 1.54) is 43.6 Å². The molecule has 0 atom stereocenters. The lowest BCUT2D eigenvalue weighted by atomic mass is 9.89. The van der Waals surface area contributed by atoms with Gasteiger partial charge in [0.05, 0.1) is 6.54 Å². The van der Waals surface area contributed by atoms with Crippen LogP contribution in [0.4, 0.5) is 5.69 Å². The number of hydrogen-bond donors (Lipinski definition) is 1. The fourth-order valence-corrected chi connectivity index (χ4v) is 4.50. The Morgan fingerprint density at radius 1 is 1.06 bits per heavy atom. The highest BCUT2D eigenvalue weighted by molar-refractivity contribution is 14.0. The summed E-state index contributed by atoms with van der Waals surface area (Å²) >= 11 is 0. The minimum Gasteiger partial charge on any atom is -0.381 e. The predicted molar refractivity (Wildman–Crippen MR) is 142 cm³/mol. The molecule has 2 saturated heterocycles. The fourth-order valence-electron chi connectivity index (χ4n) is 4.50.